The van der Waals surface area contributed by atoms with Crippen molar-refractivity contribution in [1.29, 1.82) is 0 Å². The van der Waals surface area contributed by atoms with Crippen molar-refractivity contribution in [3.8, 4) is 5.75 Å². The summed E-state index contributed by atoms with van der Waals surface area (Å²) in [4.78, 5) is 30.4. The van der Waals surface area contributed by atoms with Crippen molar-refractivity contribution in [3.63, 3.8) is 0 Å². The molecule has 5 rings (SSSR count). The molecule has 2 aliphatic heterocycles. The van der Waals surface area contributed by atoms with E-state index in [1.165, 1.54) is 4.90 Å². The lowest BCUT2D eigenvalue weighted by molar-refractivity contribution is -0.132. The van der Waals surface area contributed by atoms with Gasteiger partial charge in [-0.1, -0.05) is 45.0 Å². The first-order valence-electron chi connectivity index (χ1n) is 12.5. The molecule has 0 radical (unpaired) electrons. The van der Waals surface area contributed by atoms with Crippen molar-refractivity contribution in [2.24, 2.45) is 0 Å². The molecule has 1 fully saturated rings. The van der Waals surface area contributed by atoms with Gasteiger partial charge in [-0.15, -0.1) is 0 Å². The lowest BCUT2D eigenvalue weighted by atomic mass is 9.87. The molecule has 1 atom stereocenters. The molecule has 6 heteroatoms. The largest absolute Gasteiger partial charge is 0.507 e. The van der Waals surface area contributed by atoms with Crippen LogP contribution in [-0.4, -0.2) is 37.5 Å². The third-order valence-corrected chi connectivity index (χ3v) is 7.14. The van der Waals surface area contributed by atoms with Crippen molar-refractivity contribution < 1.29 is 19.4 Å². The smallest absolute Gasteiger partial charge is 0.300 e. The van der Waals surface area contributed by atoms with E-state index in [9.17, 15) is 14.7 Å². The average molecular weight is 497 g/mol. The van der Waals surface area contributed by atoms with Crippen LogP contribution < -0.4 is 14.5 Å². The number of benzene rings is 3. The highest BCUT2D eigenvalue weighted by Crippen LogP contribution is 2.43. The van der Waals surface area contributed by atoms with Gasteiger partial charge >= 0.3 is 0 Å². The molecule has 6 nitrogen and oxygen atoms in total. The second-order valence-electron chi connectivity index (χ2n) is 10.9. The molecular formula is C31H32N2O4. The molecule has 0 saturated carbocycles. The van der Waals surface area contributed by atoms with Gasteiger partial charge in [0, 0.05) is 37.5 Å². The Morgan fingerprint density at radius 3 is 2.27 bits per heavy atom. The van der Waals surface area contributed by atoms with Gasteiger partial charge in [0.1, 0.15) is 11.5 Å². The van der Waals surface area contributed by atoms with Gasteiger partial charge in [-0.05, 0) is 64.6 Å². The van der Waals surface area contributed by atoms with Gasteiger partial charge in [0.2, 0.25) is 0 Å². The normalized spacial score (nSPS) is 18.6. The fourth-order valence-corrected chi connectivity index (χ4v) is 4.98. The monoisotopic (exact) mass is 496 g/mol. The third-order valence-electron chi connectivity index (χ3n) is 7.14. The van der Waals surface area contributed by atoms with E-state index >= 15 is 0 Å². The maximum Gasteiger partial charge on any atom is 0.300 e. The fourth-order valence-electron chi connectivity index (χ4n) is 4.98. The van der Waals surface area contributed by atoms with E-state index in [-0.39, 0.29) is 16.7 Å². The Morgan fingerprint density at radius 2 is 1.65 bits per heavy atom. The van der Waals surface area contributed by atoms with Crippen molar-refractivity contribution in [2.75, 3.05) is 30.5 Å². The van der Waals surface area contributed by atoms with Gasteiger partial charge in [-0.2, -0.15) is 0 Å². The molecular weight excluding hydrogens is 464 g/mol. The average Bonchev–Trinajstić information content (AvgIpc) is 3.45. The van der Waals surface area contributed by atoms with Crippen LogP contribution in [0, 0.1) is 0 Å². The number of hydrogen-bond donors (Lipinski definition) is 1. The number of ether oxygens (including phenoxy) is 1. The number of rotatable bonds is 4. The first-order chi connectivity index (χ1) is 17.6. The number of ketones is 1. The summed E-state index contributed by atoms with van der Waals surface area (Å²) < 4.78 is 5.60. The number of hydrogen-bond acceptors (Lipinski definition) is 5. The highest BCUT2D eigenvalue weighted by atomic mass is 16.5. The number of amides is 1. The van der Waals surface area contributed by atoms with Crippen LogP contribution in [0.3, 0.4) is 0 Å². The van der Waals surface area contributed by atoms with E-state index in [4.69, 9.17) is 4.74 Å². The van der Waals surface area contributed by atoms with Crippen molar-refractivity contribution in [3.05, 3.63) is 94.6 Å². The topological polar surface area (TPSA) is 70.1 Å². The molecule has 1 N–H and O–H groups in total. The summed E-state index contributed by atoms with van der Waals surface area (Å²) >= 11 is 0. The summed E-state index contributed by atoms with van der Waals surface area (Å²) in [5.74, 6) is -0.748. The predicted molar refractivity (Wildman–Crippen MR) is 146 cm³/mol. The molecule has 1 unspecified atom stereocenters. The standard InChI is InChI=1S/C31H32N2O4/c1-31(2,3)22-9-13-24(14-10-22)33-27(19-6-11-23(12-7-19)32(4)5)26(29(35)30(33)36)28(34)21-8-15-25-20(18-21)16-17-37-25/h6-15,18,27,34H,16-17H2,1-5H3/b28-26-. The van der Waals surface area contributed by atoms with Crippen LogP contribution in [0.25, 0.3) is 5.76 Å². The maximum atomic E-state index is 13.5. The zero-order valence-electron chi connectivity index (χ0n) is 21.9. The van der Waals surface area contributed by atoms with Gasteiger partial charge < -0.3 is 14.7 Å². The number of anilines is 2. The van der Waals surface area contributed by atoms with Crippen molar-refractivity contribution >= 4 is 28.8 Å². The molecule has 2 heterocycles. The first-order valence-corrected chi connectivity index (χ1v) is 12.5. The molecule has 0 aliphatic carbocycles. The van der Waals surface area contributed by atoms with Gasteiger partial charge in [-0.3, -0.25) is 14.5 Å². The second kappa shape index (κ2) is 9.11. The molecule has 190 valence electrons. The van der Waals surface area contributed by atoms with Crippen LogP contribution in [0.5, 0.6) is 5.75 Å². The minimum Gasteiger partial charge on any atom is -0.507 e. The minimum atomic E-state index is -0.763. The Hall–Kier alpha value is -4.06. The number of Topliss-reactive ketones (excluding diaryl/α,β-unsaturated/α-hetero) is 1. The summed E-state index contributed by atoms with van der Waals surface area (Å²) in [6.07, 6.45) is 0.736. The van der Waals surface area contributed by atoms with Crippen LogP contribution in [0.4, 0.5) is 11.4 Å². The highest BCUT2D eigenvalue weighted by molar-refractivity contribution is 6.51. The molecule has 2 aliphatic rings. The van der Waals surface area contributed by atoms with Crippen LogP contribution in [0.2, 0.25) is 0 Å². The van der Waals surface area contributed by atoms with E-state index in [1.807, 2.05) is 73.6 Å². The molecule has 0 aromatic heterocycles. The lowest BCUT2D eigenvalue weighted by Gasteiger charge is -2.27. The number of nitrogens with zero attached hydrogens (tertiary/aromatic N) is 2. The van der Waals surface area contributed by atoms with E-state index < -0.39 is 17.7 Å². The summed E-state index contributed by atoms with van der Waals surface area (Å²) in [6.45, 7) is 6.97. The number of carbonyl (C=O) groups excluding carboxylic acids is 2. The second-order valence-corrected chi connectivity index (χ2v) is 10.9. The minimum absolute atomic E-state index is 0.0502. The molecule has 3 aromatic rings. The molecule has 3 aromatic carbocycles. The SMILES string of the molecule is CN(C)c1ccc(C2/C(=C(/O)c3ccc4c(c3)CCO4)C(=O)C(=O)N2c2ccc(C(C)(C)C)cc2)cc1. The zero-order valence-corrected chi connectivity index (χ0v) is 21.9. The summed E-state index contributed by atoms with van der Waals surface area (Å²) in [6, 6.07) is 20.1. The number of fused-ring (bicyclic) bond motifs is 1. The molecule has 1 amide bonds. The Balaban J connectivity index is 1.66. The molecule has 37 heavy (non-hydrogen) atoms. The first kappa shape index (κ1) is 24.6. The highest BCUT2D eigenvalue weighted by Gasteiger charge is 2.47. The molecule has 0 spiro atoms. The summed E-state index contributed by atoms with van der Waals surface area (Å²) in [5.41, 5.74) is 4.98. The Labute approximate surface area is 217 Å². The van der Waals surface area contributed by atoms with Crippen LogP contribution in [0.1, 0.15) is 49.1 Å². The fraction of sp³-hybridized carbons (Fsp3) is 0.290. The van der Waals surface area contributed by atoms with E-state index in [2.05, 4.69) is 20.8 Å². The summed E-state index contributed by atoms with van der Waals surface area (Å²) in [7, 11) is 3.91. The van der Waals surface area contributed by atoms with Crippen LogP contribution in [-0.2, 0) is 21.4 Å². The quantitative estimate of drug-likeness (QED) is 0.289. The zero-order chi connectivity index (χ0) is 26.5. The third kappa shape index (κ3) is 4.37. The van der Waals surface area contributed by atoms with Gasteiger partial charge in [-0.25, -0.2) is 0 Å². The van der Waals surface area contributed by atoms with Gasteiger partial charge in [0.15, 0.2) is 0 Å². The van der Waals surface area contributed by atoms with Crippen molar-refractivity contribution in [2.45, 2.75) is 38.6 Å². The van der Waals surface area contributed by atoms with Crippen LogP contribution in [0.15, 0.2) is 72.3 Å². The van der Waals surface area contributed by atoms with Gasteiger partial charge in [0.05, 0.1) is 18.2 Å². The van der Waals surface area contributed by atoms with E-state index in [1.54, 1.807) is 12.1 Å². The van der Waals surface area contributed by atoms with Crippen LogP contribution >= 0.6 is 0 Å². The Morgan fingerprint density at radius 1 is 0.973 bits per heavy atom. The summed E-state index contributed by atoms with van der Waals surface area (Å²) in [5, 5.41) is 11.5. The maximum absolute atomic E-state index is 13.5. The molecule has 1 saturated heterocycles. The predicted octanol–water partition coefficient (Wildman–Crippen LogP) is 5.61. The van der Waals surface area contributed by atoms with E-state index in [0.717, 1.165) is 34.5 Å². The number of aliphatic hydroxyl groups is 1. The lowest BCUT2D eigenvalue weighted by Crippen LogP contribution is -2.29. The van der Waals surface area contributed by atoms with Crippen molar-refractivity contribution in [1.82, 2.24) is 0 Å². The Bertz CT molecular complexity index is 1400. The van der Waals surface area contributed by atoms with E-state index in [0.29, 0.717) is 17.9 Å². The number of aliphatic hydroxyl groups excluding tert-OH is 1. The number of carbonyl (C=O) groups is 2. The Kier molecular flexibility index (Phi) is 6.06. The molecule has 0 bridgehead atoms. The van der Waals surface area contributed by atoms with Gasteiger partial charge in [0.25, 0.3) is 11.7 Å².